The second-order valence-corrected chi connectivity index (χ2v) is 5.12. The number of rotatable bonds is 6. The highest BCUT2D eigenvalue weighted by Crippen LogP contribution is 2.21. The van der Waals surface area contributed by atoms with E-state index in [1.807, 2.05) is 19.9 Å². The highest BCUT2D eigenvalue weighted by atomic mass is 19.1. The molecule has 1 aromatic rings. The molecule has 1 amide bonds. The lowest BCUT2D eigenvalue weighted by Crippen LogP contribution is -2.35. The maximum atomic E-state index is 13.7. The normalized spacial score (nSPS) is 10.3. The Kier molecular flexibility index (Phi) is 6.10. The number of nitrogens with zero attached hydrogens (tertiary/aromatic N) is 2. The molecule has 0 aliphatic rings. The van der Waals surface area contributed by atoms with Gasteiger partial charge in [-0.15, -0.1) is 0 Å². The van der Waals surface area contributed by atoms with Crippen LogP contribution in [-0.2, 0) is 0 Å². The van der Waals surface area contributed by atoms with Gasteiger partial charge in [-0.3, -0.25) is 4.79 Å². The third-order valence-corrected chi connectivity index (χ3v) is 2.91. The number of hydrogen-bond acceptors (Lipinski definition) is 3. The largest absolute Gasteiger partial charge is 0.383 e. The van der Waals surface area contributed by atoms with Crippen molar-refractivity contribution < 1.29 is 13.6 Å². The third-order valence-electron chi connectivity index (χ3n) is 2.91. The van der Waals surface area contributed by atoms with Gasteiger partial charge in [0.15, 0.2) is 0 Å². The van der Waals surface area contributed by atoms with Crippen LogP contribution in [0, 0.1) is 28.9 Å². The fourth-order valence-corrected chi connectivity index (χ4v) is 2.02. The van der Waals surface area contributed by atoms with Crippen molar-refractivity contribution in [2.75, 3.05) is 25.5 Å². The summed E-state index contributed by atoms with van der Waals surface area (Å²) < 4.78 is 27.4. The van der Waals surface area contributed by atoms with Gasteiger partial charge < -0.3 is 10.2 Å². The minimum absolute atomic E-state index is 0.0532. The highest BCUT2D eigenvalue weighted by Gasteiger charge is 2.20. The summed E-state index contributed by atoms with van der Waals surface area (Å²) in [6, 6.07) is 3.99. The van der Waals surface area contributed by atoms with Crippen molar-refractivity contribution in [3.63, 3.8) is 0 Å². The summed E-state index contributed by atoms with van der Waals surface area (Å²) in [7, 11) is 1.40. The Balaban J connectivity index is 3.06. The second kappa shape index (κ2) is 7.58. The van der Waals surface area contributed by atoms with Crippen LogP contribution in [0.15, 0.2) is 12.1 Å². The van der Waals surface area contributed by atoms with Gasteiger partial charge in [-0.2, -0.15) is 5.26 Å². The molecule has 114 valence electrons. The molecule has 0 atom stereocenters. The second-order valence-electron chi connectivity index (χ2n) is 5.12. The van der Waals surface area contributed by atoms with Crippen molar-refractivity contribution in [2.45, 2.75) is 20.3 Å². The predicted octanol–water partition coefficient (Wildman–Crippen LogP) is 3.02. The minimum atomic E-state index is -0.814. The maximum Gasteiger partial charge on any atom is 0.254 e. The Morgan fingerprint density at radius 3 is 2.38 bits per heavy atom. The first-order valence-electron chi connectivity index (χ1n) is 6.73. The minimum Gasteiger partial charge on any atom is -0.383 e. The molecule has 1 aromatic carbocycles. The van der Waals surface area contributed by atoms with Gasteiger partial charge in [0.1, 0.15) is 17.3 Å². The quantitative estimate of drug-likeness (QED) is 0.877. The number of hydrogen-bond donors (Lipinski definition) is 1. The molecule has 0 saturated carbocycles. The summed E-state index contributed by atoms with van der Waals surface area (Å²) in [5, 5.41) is 11.0. The van der Waals surface area contributed by atoms with Gasteiger partial charge in [-0.1, -0.05) is 13.8 Å². The lowest BCUT2D eigenvalue weighted by Gasteiger charge is -2.24. The number of nitrogens with one attached hydrogen (secondary N) is 1. The molecule has 0 unspecified atom stereocenters. The fraction of sp³-hybridized carbons (Fsp3) is 0.467. The van der Waals surface area contributed by atoms with E-state index in [2.05, 4.69) is 5.32 Å². The molecule has 0 fully saturated rings. The van der Waals surface area contributed by atoms with Crippen molar-refractivity contribution in [2.24, 2.45) is 5.92 Å². The first-order valence-corrected chi connectivity index (χ1v) is 6.73. The molecule has 0 aliphatic carbocycles. The topological polar surface area (TPSA) is 56.1 Å². The van der Waals surface area contributed by atoms with Gasteiger partial charge in [0.25, 0.3) is 5.91 Å². The van der Waals surface area contributed by atoms with E-state index in [-0.39, 0.29) is 30.1 Å². The van der Waals surface area contributed by atoms with Crippen LogP contribution in [0.25, 0.3) is 0 Å². The summed E-state index contributed by atoms with van der Waals surface area (Å²) in [6.45, 7) is 4.53. The van der Waals surface area contributed by atoms with Gasteiger partial charge in [-0.25, -0.2) is 8.78 Å². The monoisotopic (exact) mass is 295 g/mol. The molecule has 0 radical (unpaired) electrons. The maximum absolute atomic E-state index is 13.7. The summed E-state index contributed by atoms with van der Waals surface area (Å²) >= 11 is 0. The predicted molar refractivity (Wildman–Crippen MR) is 76.9 cm³/mol. The van der Waals surface area contributed by atoms with Crippen molar-refractivity contribution >= 4 is 11.6 Å². The van der Waals surface area contributed by atoms with Crippen LogP contribution in [-0.4, -0.2) is 30.9 Å². The van der Waals surface area contributed by atoms with Crippen molar-refractivity contribution in [1.29, 1.82) is 5.26 Å². The summed E-state index contributed by atoms with van der Waals surface area (Å²) in [5.74, 6) is -1.91. The van der Waals surface area contributed by atoms with Crippen molar-refractivity contribution in [3.05, 3.63) is 29.3 Å². The Labute approximate surface area is 123 Å². The Morgan fingerprint density at radius 2 is 1.95 bits per heavy atom. The lowest BCUT2D eigenvalue weighted by molar-refractivity contribution is 0.0739. The SMILES string of the molecule is CNc1c(F)cc(C(=O)N(CCC#N)CC(C)C)cc1F. The first kappa shape index (κ1) is 16.9. The van der Waals surface area contributed by atoms with Crippen LogP contribution in [0.4, 0.5) is 14.5 Å². The van der Waals surface area contributed by atoms with Gasteiger partial charge in [0.05, 0.1) is 12.5 Å². The number of halogens is 2. The molecule has 1 rings (SSSR count). The molecule has 0 spiro atoms. The van der Waals surface area contributed by atoms with E-state index in [4.69, 9.17) is 5.26 Å². The highest BCUT2D eigenvalue weighted by molar-refractivity contribution is 5.94. The Morgan fingerprint density at radius 1 is 1.38 bits per heavy atom. The Bertz CT molecular complexity index is 529. The number of amides is 1. The molecule has 4 nitrogen and oxygen atoms in total. The molecular formula is C15H19F2N3O. The van der Waals surface area contributed by atoms with E-state index in [0.29, 0.717) is 6.54 Å². The summed E-state index contributed by atoms with van der Waals surface area (Å²) in [5.41, 5.74) is -0.318. The molecule has 0 aliphatic heterocycles. The van der Waals surface area contributed by atoms with Crippen LogP contribution in [0.2, 0.25) is 0 Å². The van der Waals surface area contributed by atoms with Crippen LogP contribution >= 0.6 is 0 Å². The van der Waals surface area contributed by atoms with Crippen molar-refractivity contribution in [1.82, 2.24) is 4.90 Å². The smallest absolute Gasteiger partial charge is 0.254 e. The number of carbonyl (C=O) groups is 1. The number of anilines is 1. The molecular weight excluding hydrogens is 276 g/mol. The van der Waals surface area contributed by atoms with Gasteiger partial charge in [0.2, 0.25) is 0 Å². The number of carbonyl (C=O) groups excluding carboxylic acids is 1. The molecule has 0 aromatic heterocycles. The number of nitriles is 1. The molecule has 0 saturated heterocycles. The zero-order valence-corrected chi connectivity index (χ0v) is 12.4. The molecule has 0 heterocycles. The Hall–Kier alpha value is -2.16. The average molecular weight is 295 g/mol. The fourth-order valence-electron chi connectivity index (χ4n) is 2.02. The van der Waals surface area contributed by atoms with E-state index < -0.39 is 17.5 Å². The molecule has 1 N–H and O–H groups in total. The van der Waals surface area contributed by atoms with Crippen LogP contribution < -0.4 is 5.32 Å². The third kappa shape index (κ3) is 4.42. The zero-order chi connectivity index (χ0) is 16.0. The van der Waals surface area contributed by atoms with Crippen LogP contribution in [0.1, 0.15) is 30.6 Å². The van der Waals surface area contributed by atoms with Crippen LogP contribution in [0.5, 0.6) is 0 Å². The molecule has 21 heavy (non-hydrogen) atoms. The van der Waals surface area contributed by atoms with E-state index in [0.717, 1.165) is 12.1 Å². The molecule has 6 heteroatoms. The number of benzene rings is 1. The molecule has 0 bridgehead atoms. The van der Waals surface area contributed by atoms with E-state index >= 15 is 0 Å². The first-order chi connectivity index (χ1) is 9.90. The van der Waals surface area contributed by atoms with Gasteiger partial charge in [-0.05, 0) is 18.1 Å². The summed E-state index contributed by atoms with van der Waals surface area (Å²) in [6.07, 6.45) is 0.179. The summed E-state index contributed by atoms with van der Waals surface area (Å²) in [4.78, 5) is 13.8. The van der Waals surface area contributed by atoms with E-state index in [1.165, 1.54) is 11.9 Å². The van der Waals surface area contributed by atoms with E-state index in [9.17, 15) is 13.6 Å². The van der Waals surface area contributed by atoms with Crippen molar-refractivity contribution in [3.8, 4) is 6.07 Å². The zero-order valence-electron chi connectivity index (χ0n) is 12.4. The average Bonchev–Trinajstić information content (AvgIpc) is 2.41. The van der Waals surface area contributed by atoms with E-state index in [1.54, 1.807) is 0 Å². The lowest BCUT2D eigenvalue weighted by atomic mass is 10.1. The van der Waals surface area contributed by atoms with Crippen LogP contribution in [0.3, 0.4) is 0 Å². The van der Waals surface area contributed by atoms with Gasteiger partial charge in [0, 0.05) is 25.7 Å². The standard InChI is InChI=1S/C15H19F2N3O/c1-10(2)9-20(6-4-5-18)15(21)11-7-12(16)14(19-3)13(17)8-11/h7-8,10,19H,4,6,9H2,1-3H3. The van der Waals surface area contributed by atoms with Gasteiger partial charge >= 0.3 is 0 Å².